The minimum Gasteiger partial charge on any atom is -0.0654 e. The molecule has 0 aliphatic rings. The predicted octanol–water partition coefficient (Wildman–Crippen LogP) is 6.45. The zero-order valence-electron chi connectivity index (χ0n) is 13.1. The molecule has 0 radical (unpaired) electrons. The first-order valence-electron chi connectivity index (χ1n) is 8.10. The summed E-state index contributed by atoms with van der Waals surface area (Å²) < 4.78 is 0. The van der Waals surface area contributed by atoms with Crippen molar-refractivity contribution in [2.75, 3.05) is 0 Å². The minimum atomic E-state index is 0.885. The van der Waals surface area contributed by atoms with E-state index in [2.05, 4.69) is 34.6 Å². The smallest absolute Gasteiger partial charge is 0.0417 e. The Morgan fingerprint density at radius 3 is 1.76 bits per heavy atom. The van der Waals surface area contributed by atoms with E-state index in [0.29, 0.717) is 0 Å². The second-order valence-corrected chi connectivity index (χ2v) is 6.42. The van der Waals surface area contributed by atoms with Crippen molar-refractivity contribution in [1.82, 2.24) is 0 Å². The van der Waals surface area contributed by atoms with E-state index in [-0.39, 0.29) is 0 Å². The minimum absolute atomic E-state index is 0.885. The summed E-state index contributed by atoms with van der Waals surface area (Å²) in [6.45, 7) is 11.8. The van der Waals surface area contributed by atoms with Crippen LogP contribution in [-0.2, 0) is 0 Å². The molecule has 0 heterocycles. The highest BCUT2D eigenvalue weighted by Crippen LogP contribution is 2.22. The molecule has 0 rings (SSSR count). The monoisotopic (exact) mass is 240 g/mol. The Hall–Kier alpha value is 0. The van der Waals surface area contributed by atoms with E-state index in [1.54, 1.807) is 0 Å². The van der Waals surface area contributed by atoms with Crippen LogP contribution in [0, 0.1) is 17.8 Å². The predicted molar refractivity (Wildman–Crippen MR) is 80.4 cm³/mol. The first-order chi connectivity index (χ1) is 8.10. The lowest BCUT2D eigenvalue weighted by Gasteiger charge is -2.16. The molecule has 2 atom stereocenters. The van der Waals surface area contributed by atoms with Crippen LogP contribution in [0.1, 0.15) is 92.4 Å². The molecule has 0 nitrogen and oxygen atoms in total. The number of hydrogen-bond acceptors (Lipinski definition) is 0. The second-order valence-electron chi connectivity index (χ2n) is 6.42. The van der Waals surface area contributed by atoms with Crippen LogP contribution < -0.4 is 0 Å². The largest absolute Gasteiger partial charge is 0.0654 e. The summed E-state index contributed by atoms with van der Waals surface area (Å²) in [7, 11) is 0. The molecule has 2 unspecified atom stereocenters. The molecule has 0 aliphatic carbocycles. The Bertz CT molecular complexity index is 148. The molecular weight excluding hydrogens is 204 g/mol. The van der Waals surface area contributed by atoms with Crippen molar-refractivity contribution >= 4 is 0 Å². The average molecular weight is 240 g/mol. The van der Waals surface area contributed by atoms with Crippen molar-refractivity contribution in [3.05, 3.63) is 0 Å². The fourth-order valence-corrected chi connectivity index (χ4v) is 2.73. The van der Waals surface area contributed by atoms with E-state index >= 15 is 0 Å². The van der Waals surface area contributed by atoms with Gasteiger partial charge >= 0.3 is 0 Å². The molecule has 0 saturated carbocycles. The molecule has 0 aromatic heterocycles. The van der Waals surface area contributed by atoms with Gasteiger partial charge in [0, 0.05) is 0 Å². The van der Waals surface area contributed by atoms with Gasteiger partial charge in [-0.05, 0) is 17.8 Å². The van der Waals surface area contributed by atoms with Gasteiger partial charge in [0.2, 0.25) is 0 Å². The molecule has 0 spiro atoms. The molecule has 0 bridgehead atoms. The highest BCUT2D eigenvalue weighted by molar-refractivity contribution is 4.60. The van der Waals surface area contributed by atoms with Gasteiger partial charge in [-0.25, -0.2) is 0 Å². The van der Waals surface area contributed by atoms with Gasteiger partial charge in [-0.1, -0.05) is 92.4 Å². The van der Waals surface area contributed by atoms with Crippen LogP contribution in [0.2, 0.25) is 0 Å². The summed E-state index contributed by atoms with van der Waals surface area (Å²) in [6, 6.07) is 0. The molecule has 0 fully saturated rings. The molecule has 0 aliphatic heterocycles. The summed E-state index contributed by atoms with van der Waals surface area (Å²) >= 11 is 0. The molecule has 0 N–H and O–H groups in total. The fraction of sp³-hybridized carbons (Fsp3) is 1.00. The zero-order chi connectivity index (χ0) is 13.1. The van der Waals surface area contributed by atoms with Crippen molar-refractivity contribution in [1.29, 1.82) is 0 Å². The molecule has 0 aromatic carbocycles. The molecule has 0 saturated heterocycles. The van der Waals surface area contributed by atoms with E-state index in [9.17, 15) is 0 Å². The van der Waals surface area contributed by atoms with Crippen molar-refractivity contribution in [3.63, 3.8) is 0 Å². The molecule has 104 valence electrons. The van der Waals surface area contributed by atoms with Crippen LogP contribution in [0.5, 0.6) is 0 Å². The maximum atomic E-state index is 2.45. The Morgan fingerprint density at radius 1 is 0.706 bits per heavy atom. The Kier molecular flexibility index (Phi) is 11.1. The van der Waals surface area contributed by atoms with Gasteiger partial charge in [-0.2, -0.15) is 0 Å². The van der Waals surface area contributed by atoms with Gasteiger partial charge in [0.05, 0.1) is 0 Å². The van der Waals surface area contributed by atoms with Crippen LogP contribution in [-0.4, -0.2) is 0 Å². The highest BCUT2D eigenvalue weighted by Gasteiger charge is 2.07. The van der Waals surface area contributed by atoms with Crippen molar-refractivity contribution in [2.45, 2.75) is 92.4 Å². The van der Waals surface area contributed by atoms with E-state index in [1.807, 2.05) is 0 Å². The second kappa shape index (κ2) is 11.1. The van der Waals surface area contributed by atoms with Crippen LogP contribution in [0.3, 0.4) is 0 Å². The molecule has 0 heteroatoms. The van der Waals surface area contributed by atoms with Crippen molar-refractivity contribution in [2.24, 2.45) is 17.8 Å². The van der Waals surface area contributed by atoms with Gasteiger partial charge < -0.3 is 0 Å². The standard InChI is InChI=1S/C17H36/c1-6-10-17(7-2)14-9-13-16(5)12-8-11-15(3)4/h15-17H,6-14H2,1-5H3. The Labute approximate surface area is 111 Å². The fourth-order valence-electron chi connectivity index (χ4n) is 2.73. The summed E-state index contributed by atoms with van der Waals surface area (Å²) in [5.74, 6) is 2.84. The SMILES string of the molecule is CCCC(CC)CCCC(C)CCCC(C)C. The number of rotatable bonds is 11. The Morgan fingerprint density at radius 2 is 1.29 bits per heavy atom. The third kappa shape index (κ3) is 10.9. The zero-order valence-corrected chi connectivity index (χ0v) is 13.1. The first kappa shape index (κ1) is 17.0. The van der Waals surface area contributed by atoms with Gasteiger partial charge in [-0.15, -0.1) is 0 Å². The maximum Gasteiger partial charge on any atom is -0.0417 e. The van der Waals surface area contributed by atoms with E-state index in [0.717, 1.165) is 17.8 Å². The summed E-state index contributed by atoms with van der Waals surface area (Å²) in [5, 5.41) is 0. The molecule has 0 amide bonds. The normalized spacial score (nSPS) is 15.2. The average Bonchev–Trinajstić information content (AvgIpc) is 2.27. The van der Waals surface area contributed by atoms with E-state index < -0.39 is 0 Å². The molecule has 0 aromatic rings. The molecule has 17 heavy (non-hydrogen) atoms. The van der Waals surface area contributed by atoms with Gasteiger partial charge in [0.15, 0.2) is 0 Å². The van der Waals surface area contributed by atoms with Gasteiger partial charge in [0.25, 0.3) is 0 Å². The van der Waals surface area contributed by atoms with Crippen LogP contribution >= 0.6 is 0 Å². The third-order valence-corrected chi connectivity index (χ3v) is 4.06. The van der Waals surface area contributed by atoms with Crippen LogP contribution in [0.25, 0.3) is 0 Å². The molecular formula is C17H36. The van der Waals surface area contributed by atoms with E-state index in [1.165, 1.54) is 57.8 Å². The lowest BCUT2D eigenvalue weighted by molar-refractivity contribution is 0.371. The highest BCUT2D eigenvalue weighted by atomic mass is 14.1. The summed E-state index contributed by atoms with van der Waals surface area (Å²) in [4.78, 5) is 0. The van der Waals surface area contributed by atoms with E-state index in [4.69, 9.17) is 0 Å². The number of hydrogen-bond donors (Lipinski definition) is 0. The maximum absolute atomic E-state index is 2.45. The first-order valence-corrected chi connectivity index (χ1v) is 8.10. The summed E-state index contributed by atoms with van der Waals surface area (Å²) in [6.07, 6.45) is 12.9. The lowest BCUT2D eigenvalue weighted by atomic mass is 9.90. The topological polar surface area (TPSA) is 0 Å². The van der Waals surface area contributed by atoms with Crippen LogP contribution in [0.15, 0.2) is 0 Å². The van der Waals surface area contributed by atoms with Crippen molar-refractivity contribution in [3.8, 4) is 0 Å². The lowest BCUT2D eigenvalue weighted by Crippen LogP contribution is -2.01. The Balaban J connectivity index is 3.45. The van der Waals surface area contributed by atoms with Gasteiger partial charge in [0.1, 0.15) is 0 Å². The summed E-state index contributed by atoms with van der Waals surface area (Å²) in [5.41, 5.74) is 0. The van der Waals surface area contributed by atoms with Crippen molar-refractivity contribution < 1.29 is 0 Å². The third-order valence-electron chi connectivity index (χ3n) is 4.06. The quantitative estimate of drug-likeness (QED) is 0.389. The van der Waals surface area contributed by atoms with Gasteiger partial charge in [-0.3, -0.25) is 0 Å². The van der Waals surface area contributed by atoms with Crippen LogP contribution in [0.4, 0.5) is 0 Å².